The third kappa shape index (κ3) is 2.70. The van der Waals surface area contributed by atoms with Gasteiger partial charge in [0.1, 0.15) is 18.2 Å². The molecule has 2 rings (SSSR count). The van der Waals surface area contributed by atoms with Crippen LogP contribution in [-0.4, -0.2) is 42.4 Å². The zero-order valence-electron chi connectivity index (χ0n) is 9.84. The minimum atomic E-state index is -0.911. The highest BCUT2D eigenvalue weighted by Gasteiger charge is 2.34. The highest BCUT2D eigenvalue weighted by molar-refractivity contribution is 5.96. The van der Waals surface area contributed by atoms with E-state index < -0.39 is 23.9 Å². The van der Waals surface area contributed by atoms with Gasteiger partial charge in [0.15, 0.2) is 0 Å². The van der Waals surface area contributed by atoms with Crippen LogP contribution in [0.1, 0.15) is 20.7 Å². The quantitative estimate of drug-likeness (QED) is 0.809. The zero-order valence-corrected chi connectivity index (χ0v) is 9.84. The molecule has 100 valence electrons. The molecule has 7 heteroatoms. The first-order valence-electron chi connectivity index (χ1n) is 5.51. The van der Waals surface area contributed by atoms with Crippen molar-refractivity contribution < 1.29 is 23.5 Å². The van der Waals surface area contributed by atoms with Gasteiger partial charge < -0.3 is 15.4 Å². The van der Waals surface area contributed by atoms with Crippen molar-refractivity contribution in [3.8, 4) is 0 Å². The van der Waals surface area contributed by atoms with Gasteiger partial charge in [-0.25, -0.2) is 9.18 Å². The predicted octanol–water partition coefficient (Wildman–Crippen LogP) is 0.558. The Morgan fingerprint density at radius 1 is 1.42 bits per heavy atom. The lowest BCUT2D eigenvalue weighted by molar-refractivity contribution is -0.00379. The average molecular weight is 266 g/mol. The SMILES string of the molecule is NC(=O)OC1CN(C(=O)c2cc(C=O)ccc2F)C1. The molecule has 0 atom stereocenters. The third-order valence-electron chi connectivity index (χ3n) is 2.77. The summed E-state index contributed by atoms with van der Waals surface area (Å²) in [6.45, 7) is 0.319. The fraction of sp³-hybridized carbons (Fsp3) is 0.250. The summed E-state index contributed by atoms with van der Waals surface area (Å²) >= 11 is 0. The summed E-state index contributed by atoms with van der Waals surface area (Å²) < 4.78 is 18.2. The number of primary amides is 1. The van der Waals surface area contributed by atoms with E-state index in [4.69, 9.17) is 5.73 Å². The lowest BCUT2D eigenvalue weighted by Crippen LogP contribution is -2.55. The fourth-order valence-electron chi connectivity index (χ4n) is 1.79. The number of hydrogen-bond acceptors (Lipinski definition) is 4. The summed E-state index contributed by atoms with van der Waals surface area (Å²) in [4.78, 5) is 34.3. The number of likely N-dealkylation sites (tertiary alicyclic amines) is 1. The van der Waals surface area contributed by atoms with E-state index in [-0.39, 0.29) is 24.2 Å². The van der Waals surface area contributed by atoms with E-state index in [1.165, 1.54) is 17.0 Å². The summed E-state index contributed by atoms with van der Waals surface area (Å²) in [5.41, 5.74) is 4.87. The number of nitrogens with zero attached hydrogens (tertiary/aromatic N) is 1. The van der Waals surface area contributed by atoms with Crippen molar-refractivity contribution >= 4 is 18.3 Å². The number of hydrogen-bond donors (Lipinski definition) is 1. The molecule has 0 spiro atoms. The molecule has 1 fully saturated rings. The Bertz CT molecular complexity index is 541. The van der Waals surface area contributed by atoms with Gasteiger partial charge >= 0.3 is 6.09 Å². The molecular formula is C12H11FN2O4. The number of aldehydes is 1. The first-order chi connectivity index (χ1) is 9.01. The van der Waals surface area contributed by atoms with E-state index in [2.05, 4.69) is 4.74 Å². The van der Waals surface area contributed by atoms with Crippen LogP contribution in [-0.2, 0) is 4.74 Å². The summed E-state index contributed by atoms with van der Waals surface area (Å²) in [7, 11) is 0. The molecule has 2 N–H and O–H groups in total. The van der Waals surface area contributed by atoms with Crippen LogP contribution in [0.15, 0.2) is 18.2 Å². The van der Waals surface area contributed by atoms with Crippen molar-refractivity contribution in [2.75, 3.05) is 13.1 Å². The monoisotopic (exact) mass is 266 g/mol. The number of halogens is 1. The van der Waals surface area contributed by atoms with Crippen molar-refractivity contribution in [2.24, 2.45) is 5.73 Å². The Kier molecular flexibility index (Phi) is 3.46. The van der Waals surface area contributed by atoms with E-state index in [1.54, 1.807) is 0 Å². The standard InChI is InChI=1S/C12H11FN2O4/c13-10-2-1-7(6-16)3-9(10)11(17)15-4-8(5-15)19-12(14)18/h1-3,6,8H,4-5H2,(H2,14,18). The Balaban J connectivity index is 2.05. The number of carbonyl (C=O) groups excluding carboxylic acids is 3. The number of carbonyl (C=O) groups is 3. The molecule has 6 nitrogen and oxygen atoms in total. The van der Waals surface area contributed by atoms with Crippen molar-refractivity contribution in [1.82, 2.24) is 4.90 Å². The van der Waals surface area contributed by atoms with Crippen molar-refractivity contribution in [1.29, 1.82) is 0 Å². The largest absolute Gasteiger partial charge is 0.443 e. The van der Waals surface area contributed by atoms with Gasteiger partial charge in [0.25, 0.3) is 5.91 Å². The van der Waals surface area contributed by atoms with Crippen molar-refractivity contribution in [3.63, 3.8) is 0 Å². The molecule has 1 aromatic rings. The van der Waals surface area contributed by atoms with Gasteiger partial charge in [0.2, 0.25) is 0 Å². The van der Waals surface area contributed by atoms with Crippen LogP contribution in [0, 0.1) is 5.82 Å². The maximum Gasteiger partial charge on any atom is 0.404 e. The van der Waals surface area contributed by atoms with Crippen LogP contribution in [0.2, 0.25) is 0 Å². The molecule has 0 saturated carbocycles. The molecule has 0 radical (unpaired) electrons. The van der Waals surface area contributed by atoms with Crippen LogP contribution >= 0.6 is 0 Å². The minimum Gasteiger partial charge on any atom is -0.443 e. The molecule has 1 heterocycles. The lowest BCUT2D eigenvalue weighted by atomic mass is 10.1. The molecule has 2 amide bonds. The maximum atomic E-state index is 13.5. The smallest absolute Gasteiger partial charge is 0.404 e. The van der Waals surface area contributed by atoms with E-state index in [0.717, 1.165) is 6.07 Å². The van der Waals surface area contributed by atoms with Gasteiger partial charge in [-0.05, 0) is 18.2 Å². The second kappa shape index (κ2) is 5.05. The first kappa shape index (κ1) is 13.0. The van der Waals surface area contributed by atoms with Crippen LogP contribution in [0.25, 0.3) is 0 Å². The summed E-state index contributed by atoms with van der Waals surface area (Å²) in [5, 5.41) is 0. The van der Waals surface area contributed by atoms with E-state index in [1.807, 2.05) is 0 Å². The van der Waals surface area contributed by atoms with E-state index in [0.29, 0.717) is 6.29 Å². The van der Waals surface area contributed by atoms with E-state index >= 15 is 0 Å². The molecule has 0 bridgehead atoms. The number of nitrogens with two attached hydrogens (primary N) is 1. The summed E-state index contributed by atoms with van der Waals surface area (Å²) in [6.07, 6.45) is -0.837. The van der Waals surface area contributed by atoms with Gasteiger partial charge in [-0.15, -0.1) is 0 Å². The molecule has 1 aliphatic heterocycles. The summed E-state index contributed by atoms with van der Waals surface area (Å²) in [6, 6.07) is 3.54. The highest BCUT2D eigenvalue weighted by Crippen LogP contribution is 2.18. The fourth-order valence-corrected chi connectivity index (χ4v) is 1.79. The molecule has 1 saturated heterocycles. The maximum absolute atomic E-state index is 13.5. The first-order valence-corrected chi connectivity index (χ1v) is 5.51. The Hall–Kier alpha value is -2.44. The molecular weight excluding hydrogens is 255 g/mol. The number of benzene rings is 1. The number of amides is 2. The van der Waals surface area contributed by atoms with Crippen LogP contribution in [0.4, 0.5) is 9.18 Å². The zero-order chi connectivity index (χ0) is 14.0. The minimum absolute atomic E-state index is 0.159. The second-order valence-electron chi connectivity index (χ2n) is 4.13. The van der Waals surface area contributed by atoms with Gasteiger partial charge in [-0.1, -0.05) is 0 Å². The van der Waals surface area contributed by atoms with Crippen LogP contribution < -0.4 is 5.73 Å². The Morgan fingerprint density at radius 3 is 2.68 bits per heavy atom. The average Bonchev–Trinajstić information content (AvgIpc) is 2.33. The molecule has 0 aromatic heterocycles. The van der Waals surface area contributed by atoms with Gasteiger partial charge in [-0.3, -0.25) is 9.59 Å². The number of ether oxygens (including phenoxy) is 1. The normalized spacial score (nSPS) is 14.7. The molecule has 0 aliphatic carbocycles. The molecule has 19 heavy (non-hydrogen) atoms. The number of rotatable bonds is 3. The summed E-state index contributed by atoms with van der Waals surface area (Å²) in [5.74, 6) is -1.25. The van der Waals surface area contributed by atoms with Crippen molar-refractivity contribution in [2.45, 2.75) is 6.10 Å². The highest BCUT2D eigenvalue weighted by atomic mass is 19.1. The van der Waals surface area contributed by atoms with Gasteiger partial charge in [0, 0.05) is 5.56 Å². The second-order valence-corrected chi connectivity index (χ2v) is 4.13. The Morgan fingerprint density at radius 2 is 2.11 bits per heavy atom. The van der Waals surface area contributed by atoms with Gasteiger partial charge in [-0.2, -0.15) is 0 Å². The van der Waals surface area contributed by atoms with Crippen LogP contribution in [0.3, 0.4) is 0 Å². The lowest BCUT2D eigenvalue weighted by Gasteiger charge is -2.38. The molecule has 0 unspecified atom stereocenters. The Labute approximate surface area is 107 Å². The topological polar surface area (TPSA) is 89.7 Å². The van der Waals surface area contributed by atoms with Crippen LogP contribution in [0.5, 0.6) is 0 Å². The predicted molar refractivity (Wildman–Crippen MR) is 62.1 cm³/mol. The van der Waals surface area contributed by atoms with Crippen molar-refractivity contribution in [3.05, 3.63) is 35.1 Å². The van der Waals surface area contributed by atoms with Gasteiger partial charge in [0.05, 0.1) is 18.7 Å². The third-order valence-corrected chi connectivity index (χ3v) is 2.77. The molecule has 1 aromatic carbocycles. The molecule has 1 aliphatic rings. The van der Waals surface area contributed by atoms with E-state index in [9.17, 15) is 18.8 Å².